The Balaban J connectivity index is 1.82. The number of hydrogen-bond acceptors (Lipinski definition) is 4. The lowest BCUT2D eigenvalue weighted by atomic mass is 9.74. The highest BCUT2D eigenvalue weighted by Gasteiger charge is 2.57. The number of esters is 1. The van der Waals surface area contributed by atoms with E-state index in [4.69, 9.17) is 9.47 Å². The van der Waals surface area contributed by atoms with Crippen molar-refractivity contribution >= 4 is 17.7 Å². The van der Waals surface area contributed by atoms with Crippen molar-refractivity contribution in [3.05, 3.63) is 0 Å². The SMILES string of the molecule is COC(=O)C[C@@H]1CCC[C@@]12O[C@H]1C[C@H](C)CC[C@H]1C(C)(C)S2. The van der Waals surface area contributed by atoms with E-state index >= 15 is 0 Å². The molecule has 1 spiro atoms. The number of rotatable bonds is 2. The summed E-state index contributed by atoms with van der Waals surface area (Å²) in [5.41, 5.74) is 0. The van der Waals surface area contributed by atoms with Gasteiger partial charge in [0.1, 0.15) is 4.93 Å². The molecule has 0 aromatic heterocycles. The predicted molar refractivity (Wildman–Crippen MR) is 89.8 cm³/mol. The molecule has 0 N–H and O–H groups in total. The summed E-state index contributed by atoms with van der Waals surface area (Å²) in [6, 6.07) is 0. The van der Waals surface area contributed by atoms with Gasteiger partial charge in [0.15, 0.2) is 0 Å². The summed E-state index contributed by atoms with van der Waals surface area (Å²) in [6.07, 6.45) is 8.01. The van der Waals surface area contributed by atoms with Crippen LogP contribution in [0.1, 0.15) is 65.7 Å². The van der Waals surface area contributed by atoms with Gasteiger partial charge in [0.05, 0.1) is 19.6 Å². The quantitative estimate of drug-likeness (QED) is 0.705. The molecule has 0 unspecified atom stereocenters. The minimum absolute atomic E-state index is 0.0904. The van der Waals surface area contributed by atoms with Gasteiger partial charge in [-0.25, -0.2) is 0 Å². The first-order valence-corrected chi connectivity index (χ1v) is 9.63. The van der Waals surface area contributed by atoms with E-state index in [1.54, 1.807) is 0 Å². The Morgan fingerprint density at radius 1 is 1.32 bits per heavy atom. The molecule has 2 aliphatic carbocycles. The summed E-state index contributed by atoms with van der Waals surface area (Å²) in [5.74, 6) is 1.63. The van der Waals surface area contributed by atoms with Crippen LogP contribution in [0, 0.1) is 17.8 Å². The highest BCUT2D eigenvalue weighted by molar-refractivity contribution is 8.01. The first kappa shape index (κ1) is 16.6. The Kier molecular flexibility index (Phi) is 4.54. The standard InChI is InChI=1S/C18H30O3S/c1-12-7-8-14-15(10-12)21-18(22-17(14,2)3)9-5-6-13(18)11-16(19)20-4/h12-15H,5-11H2,1-4H3/t12-,13+,14-,15+,18+/m1/s1. The van der Waals surface area contributed by atoms with Gasteiger partial charge in [0.25, 0.3) is 0 Å². The van der Waals surface area contributed by atoms with E-state index in [1.807, 2.05) is 11.8 Å². The lowest BCUT2D eigenvalue weighted by Gasteiger charge is -2.55. The van der Waals surface area contributed by atoms with Crippen LogP contribution in [0.25, 0.3) is 0 Å². The largest absolute Gasteiger partial charge is 0.469 e. The fraction of sp³-hybridized carbons (Fsp3) is 0.944. The molecular weight excluding hydrogens is 296 g/mol. The minimum atomic E-state index is -0.157. The third-order valence-corrected chi connectivity index (χ3v) is 7.88. The number of thioether (sulfide) groups is 1. The smallest absolute Gasteiger partial charge is 0.305 e. The van der Waals surface area contributed by atoms with Crippen molar-refractivity contribution in [2.75, 3.05) is 7.11 Å². The molecule has 3 nitrogen and oxygen atoms in total. The number of carbonyl (C=O) groups excluding carboxylic acids is 1. The Morgan fingerprint density at radius 3 is 2.82 bits per heavy atom. The van der Waals surface area contributed by atoms with Crippen molar-refractivity contribution in [1.82, 2.24) is 0 Å². The Morgan fingerprint density at radius 2 is 2.09 bits per heavy atom. The highest BCUT2D eigenvalue weighted by atomic mass is 32.2. The summed E-state index contributed by atoms with van der Waals surface area (Å²) < 4.78 is 11.9. The van der Waals surface area contributed by atoms with E-state index in [2.05, 4.69) is 20.8 Å². The number of hydrogen-bond donors (Lipinski definition) is 0. The van der Waals surface area contributed by atoms with E-state index in [0.29, 0.717) is 24.4 Å². The van der Waals surface area contributed by atoms with Gasteiger partial charge < -0.3 is 9.47 Å². The normalized spacial score (nSPS) is 43.8. The van der Waals surface area contributed by atoms with Crippen LogP contribution in [0.3, 0.4) is 0 Å². The molecule has 22 heavy (non-hydrogen) atoms. The Bertz CT molecular complexity index is 436. The van der Waals surface area contributed by atoms with Crippen LogP contribution in [-0.2, 0) is 14.3 Å². The highest BCUT2D eigenvalue weighted by Crippen LogP contribution is 2.61. The van der Waals surface area contributed by atoms with Crippen LogP contribution in [0.5, 0.6) is 0 Å². The molecule has 3 aliphatic rings. The molecule has 5 atom stereocenters. The van der Waals surface area contributed by atoms with E-state index in [1.165, 1.54) is 26.4 Å². The van der Waals surface area contributed by atoms with Crippen LogP contribution in [0.15, 0.2) is 0 Å². The third kappa shape index (κ3) is 2.93. The molecule has 1 saturated heterocycles. The van der Waals surface area contributed by atoms with Crippen molar-refractivity contribution in [2.24, 2.45) is 17.8 Å². The molecule has 1 aliphatic heterocycles. The number of carbonyl (C=O) groups is 1. The van der Waals surface area contributed by atoms with Gasteiger partial charge in [-0.15, -0.1) is 11.8 Å². The zero-order valence-electron chi connectivity index (χ0n) is 14.4. The molecular formula is C18H30O3S. The van der Waals surface area contributed by atoms with Gasteiger partial charge in [-0.3, -0.25) is 4.79 Å². The number of fused-ring (bicyclic) bond motifs is 1. The van der Waals surface area contributed by atoms with Crippen LogP contribution in [-0.4, -0.2) is 28.9 Å². The number of methoxy groups -OCH3 is 1. The summed E-state index contributed by atoms with van der Waals surface area (Å²) in [7, 11) is 1.49. The van der Waals surface area contributed by atoms with E-state index in [0.717, 1.165) is 25.2 Å². The molecule has 2 saturated carbocycles. The van der Waals surface area contributed by atoms with Crippen molar-refractivity contribution in [3.63, 3.8) is 0 Å². The van der Waals surface area contributed by atoms with Crippen molar-refractivity contribution < 1.29 is 14.3 Å². The first-order valence-electron chi connectivity index (χ1n) is 8.81. The average molecular weight is 327 g/mol. The monoisotopic (exact) mass is 326 g/mol. The fourth-order valence-electron chi connectivity index (χ4n) is 4.91. The zero-order chi connectivity index (χ0) is 16.0. The van der Waals surface area contributed by atoms with Crippen LogP contribution in [0.4, 0.5) is 0 Å². The summed E-state index contributed by atoms with van der Waals surface area (Å²) in [6.45, 7) is 7.13. The van der Waals surface area contributed by atoms with Crippen molar-refractivity contribution in [1.29, 1.82) is 0 Å². The van der Waals surface area contributed by atoms with Gasteiger partial charge >= 0.3 is 5.97 Å². The van der Waals surface area contributed by atoms with Crippen LogP contribution < -0.4 is 0 Å². The van der Waals surface area contributed by atoms with Crippen molar-refractivity contribution in [2.45, 2.75) is 81.5 Å². The van der Waals surface area contributed by atoms with Crippen LogP contribution >= 0.6 is 11.8 Å². The average Bonchev–Trinajstić information content (AvgIpc) is 2.79. The second kappa shape index (κ2) is 6.01. The molecule has 0 amide bonds. The molecule has 3 fully saturated rings. The molecule has 3 rings (SSSR count). The molecule has 4 heteroatoms. The molecule has 0 bridgehead atoms. The lowest BCUT2D eigenvalue weighted by Crippen LogP contribution is -2.55. The maximum absolute atomic E-state index is 11.8. The summed E-state index contributed by atoms with van der Waals surface area (Å²) >= 11 is 2.02. The topological polar surface area (TPSA) is 35.5 Å². The van der Waals surface area contributed by atoms with E-state index < -0.39 is 0 Å². The first-order chi connectivity index (χ1) is 10.4. The van der Waals surface area contributed by atoms with Crippen molar-refractivity contribution in [3.8, 4) is 0 Å². The van der Waals surface area contributed by atoms with Gasteiger partial charge in [0, 0.05) is 10.7 Å². The van der Waals surface area contributed by atoms with E-state index in [9.17, 15) is 4.79 Å². The van der Waals surface area contributed by atoms with E-state index in [-0.39, 0.29) is 15.6 Å². The molecule has 1 heterocycles. The molecule has 0 radical (unpaired) electrons. The maximum Gasteiger partial charge on any atom is 0.305 e. The molecule has 126 valence electrons. The zero-order valence-corrected chi connectivity index (χ0v) is 15.2. The minimum Gasteiger partial charge on any atom is -0.469 e. The summed E-state index contributed by atoms with van der Waals surface area (Å²) in [4.78, 5) is 11.6. The van der Waals surface area contributed by atoms with Crippen LogP contribution in [0.2, 0.25) is 0 Å². The predicted octanol–water partition coefficient (Wildman–Crippen LogP) is 4.39. The fourth-order valence-corrected chi connectivity index (χ4v) is 7.00. The Hall–Kier alpha value is -0.220. The molecule has 0 aromatic rings. The lowest BCUT2D eigenvalue weighted by molar-refractivity contribution is -0.148. The van der Waals surface area contributed by atoms with Gasteiger partial charge in [-0.1, -0.05) is 27.2 Å². The molecule has 0 aromatic carbocycles. The summed E-state index contributed by atoms with van der Waals surface area (Å²) in [5, 5.41) is 0. The number of ether oxygens (including phenoxy) is 2. The third-order valence-electron chi connectivity index (χ3n) is 6.07. The van der Waals surface area contributed by atoms with Gasteiger partial charge in [-0.2, -0.15) is 0 Å². The second-order valence-corrected chi connectivity index (χ2v) is 10.0. The van der Waals surface area contributed by atoms with Gasteiger partial charge in [0.2, 0.25) is 0 Å². The Labute approximate surface area is 138 Å². The van der Waals surface area contributed by atoms with Gasteiger partial charge in [-0.05, 0) is 43.9 Å². The maximum atomic E-state index is 11.8. The second-order valence-electron chi connectivity index (χ2n) is 8.07.